The minimum absolute atomic E-state index is 0.0730. The molecule has 1 aromatic rings. The highest BCUT2D eigenvalue weighted by Gasteiger charge is 1.98. The van der Waals surface area contributed by atoms with Gasteiger partial charge in [0.2, 0.25) is 11.2 Å². The van der Waals surface area contributed by atoms with Crippen molar-refractivity contribution in [3.8, 4) is 11.8 Å². The van der Waals surface area contributed by atoms with E-state index in [0.717, 1.165) is 0 Å². The summed E-state index contributed by atoms with van der Waals surface area (Å²) < 4.78 is 0. The Morgan fingerprint density at radius 2 is 2.44 bits per heavy atom. The first kappa shape index (κ1) is 12.3. The number of anilines is 1. The normalized spacial score (nSPS) is 9.12. The van der Waals surface area contributed by atoms with Crippen molar-refractivity contribution in [3.05, 3.63) is 17.0 Å². The van der Waals surface area contributed by atoms with Gasteiger partial charge in [0.25, 0.3) is 0 Å². The van der Waals surface area contributed by atoms with Crippen LogP contribution in [0.4, 0.5) is 5.82 Å². The lowest BCUT2D eigenvalue weighted by Gasteiger charge is -1.96. The smallest absolute Gasteiger partial charge is 0.224 e. The van der Waals surface area contributed by atoms with E-state index in [-0.39, 0.29) is 17.0 Å². The summed E-state index contributed by atoms with van der Waals surface area (Å²) in [7, 11) is 0. The lowest BCUT2D eigenvalue weighted by Crippen LogP contribution is -2.20. The molecule has 0 fully saturated rings. The predicted molar refractivity (Wildman–Crippen MR) is 61.6 cm³/mol. The average molecular weight is 239 g/mol. The first-order chi connectivity index (χ1) is 7.59. The summed E-state index contributed by atoms with van der Waals surface area (Å²) in [5.41, 5.74) is 6.11. The van der Waals surface area contributed by atoms with Crippen molar-refractivity contribution in [1.82, 2.24) is 15.3 Å². The van der Waals surface area contributed by atoms with Crippen molar-refractivity contribution in [2.45, 2.75) is 13.3 Å². The fraction of sp³-hybridized carbons (Fsp3) is 0.300. The number of hydrogen-bond donors (Lipinski definition) is 2. The molecular formula is C10H11ClN4O. The van der Waals surface area contributed by atoms with E-state index in [2.05, 4.69) is 27.1 Å². The third-order valence-electron chi connectivity index (χ3n) is 1.64. The number of halogens is 1. The summed E-state index contributed by atoms with van der Waals surface area (Å²) in [6, 6.07) is 0. The van der Waals surface area contributed by atoms with E-state index >= 15 is 0 Å². The zero-order chi connectivity index (χ0) is 12.0. The molecule has 0 atom stereocenters. The Balaban J connectivity index is 2.53. The average Bonchev–Trinajstić information content (AvgIpc) is 2.20. The van der Waals surface area contributed by atoms with Gasteiger partial charge in [-0.2, -0.15) is 4.98 Å². The van der Waals surface area contributed by atoms with E-state index in [0.29, 0.717) is 18.5 Å². The van der Waals surface area contributed by atoms with Gasteiger partial charge >= 0.3 is 0 Å². The Hall–Kier alpha value is -1.80. The lowest BCUT2D eigenvalue weighted by molar-refractivity contribution is -0.118. The summed E-state index contributed by atoms with van der Waals surface area (Å²) in [5.74, 6) is 5.84. The van der Waals surface area contributed by atoms with Gasteiger partial charge < -0.3 is 11.1 Å². The molecule has 1 amide bonds. The molecule has 0 aliphatic carbocycles. The second-order valence-electron chi connectivity index (χ2n) is 2.97. The fourth-order valence-electron chi connectivity index (χ4n) is 0.928. The van der Waals surface area contributed by atoms with E-state index in [4.69, 9.17) is 17.3 Å². The number of nitrogens with one attached hydrogen (secondary N) is 1. The molecule has 0 saturated heterocycles. The first-order valence-electron chi connectivity index (χ1n) is 4.61. The zero-order valence-corrected chi connectivity index (χ0v) is 9.51. The maximum atomic E-state index is 10.6. The highest BCUT2D eigenvalue weighted by Crippen LogP contribution is 2.08. The number of hydrogen-bond acceptors (Lipinski definition) is 4. The van der Waals surface area contributed by atoms with Crippen LogP contribution in [0.3, 0.4) is 0 Å². The number of nitrogens with two attached hydrogens (primary N) is 1. The number of carbonyl (C=O) groups excluding carboxylic acids is 1. The van der Waals surface area contributed by atoms with Crippen LogP contribution >= 0.6 is 11.6 Å². The van der Waals surface area contributed by atoms with Crippen LogP contribution in [0.25, 0.3) is 0 Å². The molecule has 0 spiro atoms. The number of nitrogens with zero attached hydrogens (tertiary/aromatic N) is 2. The molecule has 0 bridgehead atoms. The molecule has 5 nitrogen and oxygen atoms in total. The van der Waals surface area contributed by atoms with Crippen LogP contribution in [0, 0.1) is 11.8 Å². The van der Waals surface area contributed by atoms with Crippen molar-refractivity contribution >= 4 is 23.3 Å². The topological polar surface area (TPSA) is 80.9 Å². The largest absolute Gasteiger partial charge is 0.383 e. The summed E-state index contributed by atoms with van der Waals surface area (Å²) in [6.07, 6.45) is 2.01. The number of nitrogen functional groups attached to an aromatic ring is 1. The van der Waals surface area contributed by atoms with Crippen molar-refractivity contribution in [3.63, 3.8) is 0 Å². The van der Waals surface area contributed by atoms with Crippen LogP contribution in [-0.2, 0) is 4.79 Å². The molecular weight excluding hydrogens is 228 g/mol. The maximum absolute atomic E-state index is 10.6. The predicted octanol–water partition coefficient (Wildman–Crippen LogP) is 0.590. The molecule has 0 unspecified atom stereocenters. The highest BCUT2D eigenvalue weighted by molar-refractivity contribution is 6.28. The lowest BCUT2D eigenvalue weighted by atomic mass is 10.3. The second-order valence-corrected chi connectivity index (χ2v) is 3.31. The van der Waals surface area contributed by atoms with E-state index in [1.54, 1.807) is 0 Å². The van der Waals surface area contributed by atoms with Crippen molar-refractivity contribution < 1.29 is 4.79 Å². The monoisotopic (exact) mass is 238 g/mol. The number of aromatic nitrogens is 2. The van der Waals surface area contributed by atoms with Crippen LogP contribution in [-0.4, -0.2) is 22.4 Å². The zero-order valence-electron chi connectivity index (χ0n) is 8.75. The molecule has 0 radical (unpaired) electrons. The molecule has 0 aliphatic rings. The minimum atomic E-state index is -0.0730. The molecule has 3 N–H and O–H groups in total. The molecule has 0 saturated carbocycles. The van der Waals surface area contributed by atoms with E-state index in [1.807, 2.05) is 0 Å². The van der Waals surface area contributed by atoms with Crippen LogP contribution in [0.15, 0.2) is 6.20 Å². The molecule has 84 valence electrons. The Kier molecular flexibility index (Phi) is 4.55. The van der Waals surface area contributed by atoms with Crippen molar-refractivity contribution in [2.24, 2.45) is 0 Å². The van der Waals surface area contributed by atoms with E-state index in [1.165, 1.54) is 13.1 Å². The molecule has 6 heteroatoms. The van der Waals surface area contributed by atoms with Gasteiger partial charge in [0, 0.05) is 26.1 Å². The van der Waals surface area contributed by atoms with E-state index < -0.39 is 0 Å². The third kappa shape index (κ3) is 4.15. The van der Waals surface area contributed by atoms with Gasteiger partial charge in [-0.25, -0.2) is 4.98 Å². The van der Waals surface area contributed by atoms with Gasteiger partial charge in [-0.1, -0.05) is 11.8 Å². The summed E-state index contributed by atoms with van der Waals surface area (Å²) >= 11 is 5.54. The second kappa shape index (κ2) is 5.93. The van der Waals surface area contributed by atoms with Gasteiger partial charge in [0.05, 0.1) is 5.56 Å². The van der Waals surface area contributed by atoms with Crippen LogP contribution in [0.5, 0.6) is 0 Å². The van der Waals surface area contributed by atoms with E-state index in [9.17, 15) is 4.79 Å². The van der Waals surface area contributed by atoms with Gasteiger partial charge in [-0.3, -0.25) is 4.79 Å². The Morgan fingerprint density at radius 1 is 1.69 bits per heavy atom. The maximum Gasteiger partial charge on any atom is 0.224 e. The Labute approximate surface area is 98.4 Å². The standard InChI is InChI=1S/C10H11ClN4O/c1-7(16)13-5-3-2-4-8-6-14-10(11)15-9(8)12/h6H,3,5H2,1H3,(H,13,16)(H2,12,14,15). The number of rotatable bonds is 2. The van der Waals surface area contributed by atoms with Crippen molar-refractivity contribution in [2.75, 3.05) is 12.3 Å². The molecule has 0 aliphatic heterocycles. The summed E-state index contributed by atoms with van der Waals surface area (Å²) in [5, 5.41) is 2.73. The summed E-state index contributed by atoms with van der Waals surface area (Å²) in [6.45, 7) is 1.97. The SMILES string of the molecule is CC(=O)NCCC#Cc1cnc(Cl)nc1N. The van der Waals surface area contributed by atoms with Gasteiger partial charge in [-0.05, 0) is 11.6 Å². The van der Waals surface area contributed by atoms with Gasteiger partial charge in [-0.15, -0.1) is 0 Å². The van der Waals surface area contributed by atoms with Crippen LogP contribution in [0.1, 0.15) is 18.9 Å². The number of amides is 1. The quantitative estimate of drug-likeness (QED) is 0.449. The molecule has 0 aromatic carbocycles. The Bertz CT molecular complexity index is 450. The first-order valence-corrected chi connectivity index (χ1v) is 4.98. The molecule has 1 heterocycles. The van der Waals surface area contributed by atoms with Gasteiger partial charge in [0.15, 0.2) is 0 Å². The van der Waals surface area contributed by atoms with Gasteiger partial charge in [0.1, 0.15) is 5.82 Å². The highest BCUT2D eigenvalue weighted by atomic mass is 35.5. The number of carbonyl (C=O) groups is 1. The fourth-order valence-corrected chi connectivity index (χ4v) is 1.07. The summed E-state index contributed by atoms with van der Waals surface area (Å²) in [4.78, 5) is 18.1. The third-order valence-corrected chi connectivity index (χ3v) is 1.82. The molecule has 16 heavy (non-hydrogen) atoms. The van der Waals surface area contributed by atoms with Crippen molar-refractivity contribution in [1.29, 1.82) is 0 Å². The van der Waals surface area contributed by atoms with Crippen LogP contribution in [0.2, 0.25) is 5.28 Å². The molecule has 1 aromatic heterocycles. The Morgan fingerprint density at radius 3 is 3.06 bits per heavy atom. The van der Waals surface area contributed by atoms with Crippen LogP contribution < -0.4 is 11.1 Å². The minimum Gasteiger partial charge on any atom is -0.383 e. The molecule has 1 rings (SSSR count).